The lowest BCUT2D eigenvalue weighted by molar-refractivity contribution is -0.129. The molecule has 2 heterocycles. The highest BCUT2D eigenvalue weighted by molar-refractivity contribution is 6.04. The Morgan fingerprint density at radius 1 is 1.36 bits per heavy atom. The monoisotopic (exact) mass is 151 g/mol. The van der Waals surface area contributed by atoms with E-state index in [4.69, 9.17) is 0 Å². The van der Waals surface area contributed by atoms with Crippen LogP contribution in [0.5, 0.6) is 0 Å². The molecule has 0 spiro atoms. The van der Waals surface area contributed by atoms with Crippen molar-refractivity contribution in [3.8, 4) is 0 Å². The summed E-state index contributed by atoms with van der Waals surface area (Å²) in [6.07, 6.45) is 4.76. The second kappa shape index (κ2) is 2.36. The third kappa shape index (κ3) is 0.889. The molecule has 2 nitrogen and oxygen atoms in total. The molecular weight excluding hydrogens is 138 g/mol. The smallest absolute Gasteiger partial charge is 0.200 e. The zero-order chi connectivity index (χ0) is 7.84. The van der Waals surface area contributed by atoms with Gasteiger partial charge in [-0.1, -0.05) is 19.4 Å². The highest BCUT2D eigenvalue weighted by Gasteiger charge is 2.40. The van der Waals surface area contributed by atoms with Gasteiger partial charge >= 0.3 is 0 Å². The lowest BCUT2D eigenvalue weighted by Gasteiger charge is -2.41. The molecule has 0 radical (unpaired) electrons. The van der Waals surface area contributed by atoms with E-state index in [9.17, 15) is 4.79 Å². The molecule has 0 bridgehead atoms. The number of carbonyl (C=O) groups excluding carboxylic acids is 1. The Bertz CT molecular complexity index is 188. The van der Waals surface area contributed by atoms with Crippen LogP contribution in [0, 0.1) is 0 Å². The van der Waals surface area contributed by atoms with Gasteiger partial charge in [-0.15, -0.1) is 0 Å². The molecule has 1 atom stereocenters. The number of hydrogen-bond acceptors (Lipinski definition) is 2. The van der Waals surface area contributed by atoms with Crippen molar-refractivity contribution in [2.24, 2.45) is 0 Å². The van der Waals surface area contributed by atoms with Crippen molar-refractivity contribution >= 4 is 5.78 Å². The van der Waals surface area contributed by atoms with Crippen molar-refractivity contribution in [3.63, 3.8) is 0 Å². The van der Waals surface area contributed by atoms with Crippen LogP contribution in [-0.4, -0.2) is 23.3 Å². The van der Waals surface area contributed by atoms with Crippen molar-refractivity contribution in [1.29, 1.82) is 0 Å². The average Bonchev–Trinajstić information content (AvgIpc) is 2.25. The number of fused-ring (bicyclic) bond motifs is 1. The molecule has 0 aromatic rings. The molecule has 0 aromatic heterocycles. The topological polar surface area (TPSA) is 20.3 Å². The number of rotatable bonds is 0. The predicted molar refractivity (Wildman–Crippen MR) is 43.1 cm³/mol. The second-order valence-electron chi connectivity index (χ2n) is 3.37. The van der Waals surface area contributed by atoms with Crippen LogP contribution in [0.25, 0.3) is 0 Å². The Morgan fingerprint density at radius 3 is 3.00 bits per heavy atom. The summed E-state index contributed by atoms with van der Waals surface area (Å²) in [6, 6.07) is 0.213. The fourth-order valence-electron chi connectivity index (χ4n) is 1.97. The number of hydrogen-bond donors (Lipinski definition) is 0. The van der Waals surface area contributed by atoms with E-state index in [0.717, 1.165) is 18.7 Å². The predicted octanol–water partition coefficient (Wildman–Crippen LogP) is 1.33. The largest absolute Gasteiger partial charge is 0.359 e. The second-order valence-corrected chi connectivity index (χ2v) is 3.37. The summed E-state index contributed by atoms with van der Waals surface area (Å²) >= 11 is 0. The quantitative estimate of drug-likeness (QED) is 0.487. The van der Waals surface area contributed by atoms with Gasteiger partial charge in [-0.05, 0) is 12.8 Å². The van der Waals surface area contributed by atoms with Gasteiger partial charge in [0.25, 0.3) is 0 Å². The van der Waals surface area contributed by atoms with Gasteiger partial charge in [0.05, 0.1) is 11.7 Å². The molecule has 1 unspecified atom stereocenters. The Hall–Kier alpha value is -0.790. The minimum atomic E-state index is 0.213. The summed E-state index contributed by atoms with van der Waals surface area (Å²) < 4.78 is 0. The molecule has 11 heavy (non-hydrogen) atoms. The van der Waals surface area contributed by atoms with E-state index >= 15 is 0 Å². The van der Waals surface area contributed by atoms with Crippen molar-refractivity contribution in [1.82, 2.24) is 4.90 Å². The summed E-state index contributed by atoms with van der Waals surface area (Å²) in [5, 5.41) is 0. The van der Waals surface area contributed by atoms with Gasteiger partial charge in [0, 0.05) is 6.54 Å². The molecule has 0 amide bonds. The van der Waals surface area contributed by atoms with Crippen molar-refractivity contribution < 1.29 is 4.79 Å². The van der Waals surface area contributed by atoms with Crippen LogP contribution < -0.4 is 0 Å². The van der Waals surface area contributed by atoms with E-state index < -0.39 is 0 Å². The van der Waals surface area contributed by atoms with E-state index in [1.807, 2.05) is 0 Å². The first-order valence-corrected chi connectivity index (χ1v) is 4.30. The molecule has 2 rings (SSSR count). The Balaban J connectivity index is 2.10. The van der Waals surface area contributed by atoms with Gasteiger partial charge in [-0.2, -0.15) is 0 Å². The average molecular weight is 151 g/mol. The normalized spacial score (nSPS) is 30.9. The third-order valence-corrected chi connectivity index (χ3v) is 2.69. The molecule has 2 heteroatoms. The maximum absolute atomic E-state index is 11.2. The van der Waals surface area contributed by atoms with Gasteiger partial charge in [0.15, 0.2) is 0 Å². The van der Waals surface area contributed by atoms with Crippen LogP contribution >= 0.6 is 0 Å². The van der Waals surface area contributed by atoms with Gasteiger partial charge in [0.2, 0.25) is 5.78 Å². The van der Waals surface area contributed by atoms with Crippen molar-refractivity contribution in [3.05, 3.63) is 12.3 Å². The minimum Gasteiger partial charge on any atom is -0.359 e. The van der Waals surface area contributed by atoms with Crippen LogP contribution in [0.3, 0.4) is 0 Å². The fourth-order valence-corrected chi connectivity index (χ4v) is 1.97. The first-order valence-electron chi connectivity index (χ1n) is 4.30. The maximum Gasteiger partial charge on any atom is 0.200 e. The molecule has 0 aliphatic carbocycles. The molecular formula is C9H13NO. The molecule has 60 valence electrons. The van der Waals surface area contributed by atoms with Crippen LogP contribution in [0.2, 0.25) is 0 Å². The molecule has 2 aliphatic rings. The van der Waals surface area contributed by atoms with E-state index in [0.29, 0.717) is 0 Å². The van der Waals surface area contributed by atoms with E-state index in [1.165, 1.54) is 19.3 Å². The minimum absolute atomic E-state index is 0.213. The number of nitrogens with zero attached hydrogens (tertiary/aromatic N) is 1. The summed E-state index contributed by atoms with van der Waals surface area (Å²) in [5.74, 6) is 0.284. The lowest BCUT2D eigenvalue weighted by atomic mass is 9.94. The van der Waals surface area contributed by atoms with Gasteiger partial charge in [0.1, 0.15) is 0 Å². The van der Waals surface area contributed by atoms with E-state index in [1.54, 1.807) is 0 Å². The SMILES string of the molecule is C=C1C(=O)C2CCCCCN12. The Kier molecular flexibility index (Phi) is 1.48. The highest BCUT2D eigenvalue weighted by Crippen LogP contribution is 2.30. The Labute approximate surface area is 66.9 Å². The molecule has 2 fully saturated rings. The molecule has 0 aromatic carbocycles. The van der Waals surface area contributed by atoms with Crippen LogP contribution in [-0.2, 0) is 4.79 Å². The van der Waals surface area contributed by atoms with Gasteiger partial charge in [-0.25, -0.2) is 0 Å². The molecule has 0 N–H and O–H groups in total. The van der Waals surface area contributed by atoms with Crippen LogP contribution in [0.4, 0.5) is 0 Å². The van der Waals surface area contributed by atoms with Crippen LogP contribution in [0.15, 0.2) is 12.3 Å². The van der Waals surface area contributed by atoms with Crippen LogP contribution in [0.1, 0.15) is 25.7 Å². The zero-order valence-corrected chi connectivity index (χ0v) is 6.68. The standard InChI is InChI=1S/C9H13NO/c1-7-9(11)8-5-3-2-4-6-10(7)8/h8H,1-6H2. The summed E-state index contributed by atoms with van der Waals surface area (Å²) in [5.41, 5.74) is 0.747. The fraction of sp³-hybridized carbons (Fsp3) is 0.667. The first-order chi connectivity index (χ1) is 5.30. The van der Waals surface area contributed by atoms with Crippen molar-refractivity contribution in [2.45, 2.75) is 31.7 Å². The van der Waals surface area contributed by atoms with E-state index in [-0.39, 0.29) is 11.8 Å². The molecule has 2 saturated heterocycles. The summed E-state index contributed by atoms with van der Waals surface area (Å²) in [6.45, 7) is 4.79. The lowest BCUT2D eigenvalue weighted by Crippen LogP contribution is -2.53. The first kappa shape index (κ1) is 6.89. The number of ketones is 1. The number of Topliss-reactive ketones (excluding diaryl/α,β-unsaturated/α-hetero) is 1. The van der Waals surface area contributed by atoms with Gasteiger partial charge < -0.3 is 4.90 Å². The Morgan fingerprint density at radius 2 is 2.18 bits per heavy atom. The molecule has 0 saturated carbocycles. The summed E-state index contributed by atoms with van der Waals surface area (Å²) in [7, 11) is 0. The maximum atomic E-state index is 11.2. The highest BCUT2D eigenvalue weighted by atomic mass is 16.1. The zero-order valence-electron chi connectivity index (χ0n) is 6.68. The van der Waals surface area contributed by atoms with Crippen molar-refractivity contribution in [2.75, 3.05) is 6.54 Å². The van der Waals surface area contributed by atoms with E-state index in [2.05, 4.69) is 11.5 Å². The molecule has 2 aliphatic heterocycles. The summed E-state index contributed by atoms with van der Waals surface area (Å²) in [4.78, 5) is 13.4. The third-order valence-electron chi connectivity index (χ3n) is 2.69. The number of carbonyl (C=O) groups is 1. The van der Waals surface area contributed by atoms with Gasteiger partial charge in [-0.3, -0.25) is 4.79 Å².